The van der Waals surface area contributed by atoms with Crippen LogP contribution in [0.1, 0.15) is 6.42 Å². The van der Waals surface area contributed by atoms with Gasteiger partial charge in [0.25, 0.3) is 0 Å². The van der Waals surface area contributed by atoms with Crippen molar-refractivity contribution < 1.29 is 5.06 Å². The SMILES string of the molecule is N=C1C=C([NH+]([O-])c2ccc(-c3ccccc3)cc2)C(N)=CC1. The second kappa shape index (κ2) is 5.97. The van der Waals surface area contributed by atoms with Crippen LogP contribution in [0.4, 0.5) is 5.69 Å². The third-order valence-corrected chi connectivity index (χ3v) is 3.67. The van der Waals surface area contributed by atoms with Gasteiger partial charge in [-0.3, -0.25) is 0 Å². The highest BCUT2D eigenvalue weighted by molar-refractivity contribution is 5.95. The van der Waals surface area contributed by atoms with Gasteiger partial charge in [-0.2, -0.15) is 0 Å². The quantitative estimate of drug-likeness (QED) is 0.760. The fourth-order valence-corrected chi connectivity index (χ4v) is 2.44. The molecule has 0 saturated heterocycles. The molecule has 2 aromatic carbocycles. The molecule has 0 saturated carbocycles. The van der Waals surface area contributed by atoms with E-state index < -0.39 is 0 Å². The molecule has 0 bridgehead atoms. The summed E-state index contributed by atoms with van der Waals surface area (Å²) in [5.41, 5.74) is 9.89. The van der Waals surface area contributed by atoms with Gasteiger partial charge in [-0.05, 0) is 29.3 Å². The number of hydrogen-bond acceptors (Lipinski definition) is 3. The van der Waals surface area contributed by atoms with Crippen LogP contribution in [0.15, 0.2) is 78.1 Å². The van der Waals surface area contributed by atoms with Crippen molar-refractivity contribution in [2.24, 2.45) is 5.73 Å². The molecule has 4 N–H and O–H groups in total. The third kappa shape index (κ3) is 2.83. The van der Waals surface area contributed by atoms with Crippen molar-refractivity contribution in [3.8, 4) is 11.1 Å². The van der Waals surface area contributed by atoms with Crippen molar-refractivity contribution in [3.63, 3.8) is 0 Å². The molecule has 0 fully saturated rings. The first-order valence-corrected chi connectivity index (χ1v) is 7.10. The lowest BCUT2D eigenvalue weighted by molar-refractivity contribution is -0.728. The molecule has 22 heavy (non-hydrogen) atoms. The van der Waals surface area contributed by atoms with Crippen molar-refractivity contribution in [2.45, 2.75) is 6.42 Å². The number of quaternary nitrogens is 1. The molecule has 0 aromatic heterocycles. The Kier molecular flexibility index (Phi) is 3.87. The Morgan fingerprint density at radius 1 is 0.955 bits per heavy atom. The maximum absolute atomic E-state index is 12.5. The third-order valence-electron chi connectivity index (χ3n) is 3.67. The molecule has 1 atom stereocenters. The summed E-state index contributed by atoms with van der Waals surface area (Å²) in [7, 11) is 0. The minimum atomic E-state index is -0.141. The van der Waals surface area contributed by atoms with Crippen molar-refractivity contribution in [1.29, 1.82) is 5.41 Å². The average Bonchev–Trinajstić information content (AvgIpc) is 2.57. The summed E-state index contributed by atoms with van der Waals surface area (Å²) in [6, 6.07) is 17.5. The van der Waals surface area contributed by atoms with Crippen LogP contribution in [0, 0.1) is 10.6 Å². The van der Waals surface area contributed by atoms with Gasteiger partial charge < -0.3 is 21.4 Å². The predicted octanol–water partition coefficient (Wildman–Crippen LogP) is 2.52. The zero-order valence-electron chi connectivity index (χ0n) is 12.0. The molecule has 3 rings (SSSR count). The number of nitrogens with one attached hydrogen (secondary N) is 2. The molecule has 110 valence electrons. The monoisotopic (exact) mass is 291 g/mol. The second-order valence-electron chi connectivity index (χ2n) is 5.22. The summed E-state index contributed by atoms with van der Waals surface area (Å²) in [6.07, 6.45) is 3.76. The highest BCUT2D eigenvalue weighted by Crippen LogP contribution is 2.20. The summed E-state index contributed by atoms with van der Waals surface area (Å²) < 4.78 is 0. The van der Waals surface area contributed by atoms with Crippen LogP contribution in [0.2, 0.25) is 0 Å². The molecule has 0 aliphatic heterocycles. The normalized spacial score (nSPS) is 16.0. The van der Waals surface area contributed by atoms with Gasteiger partial charge >= 0.3 is 0 Å². The summed E-state index contributed by atoms with van der Waals surface area (Å²) in [5, 5.41) is 20.1. The fourth-order valence-electron chi connectivity index (χ4n) is 2.44. The maximum atomic E-state index is 12.5. The Bertz CT molecular complexity index is 746. The van der Waals surface area contributed by atoms with E-state index in [1.54, 1.807) is 24.3 Å². The zero-order valence-corrected chi connectivity index (χ0v) is 12.0. The summed E-state index contributed by atoms with van der Waals surface area (Å²) in [4.78, 5) is 0. The van der Waals surface area contributed by atoms with E-state index in [2.05, 4.69) is 0 Å². The Hall–Kier alpha value is -2.69. The van der Waals surface area contributed by atoms with E-state index in [1.807, 2.05) is 42.5 Å². The highest BCUT2D eigenvalue weighted by Gasteiger charge is 2.17. The molecule has 0 radical (unpaired) electrons. The summed E-state index contributed by atoms with van der Waals surface area (Å²) >= 11 is 0. The Labute approximate surface area is 129 Å². The van der Waals surface area contributed by atoms with Crippen molar-refractivity contribution >= 4 is 11.4 Å². The lowest BCUT2D eigenvalue weighted by Crippen LogP contribution is -3.00. The standard InChI is InChI=1S/C18H17N3O/c19-15-8-11-17(20)18(12-15)21(22)16-9-6-14(7-10-16)13-4-2-1-3-5-13/h1-7,9-12,19,21H,8,20H2. The molecule has 1 aliphatic carbocycles. The van der Waals surface area contributed by atoms with E-state index in [0.29, 0.717) is 29.2 Å². The van der Waals surface area contributed by atoms with E-state index in [-0.39, 0.29) is 5.06 Å². The first-order chi connectivity index (χ1) is 10.6. The first kappa shape index (κ1) is 14.3. The van der Waals surface area contributed by atoms with Crippen molar-refractivity contribution in [3.05, 3.63) is 83.4 Å². The first-order valence-electron chi connectivity index (χ1n) is 7.10. The van der Waals surface area contributed by atoms with Crippen LogP contribution in [0.25, 0.3) is 11.1 Å². The number of allylic oxidation sites excluding steroid dienone is 2. The van der Waals surface area contributed by atoms with Gasteiger partial charge in [0.2, 0.25) is 0 Å². The van der Waals surface area contributed by atoms with Gasteiger partial charge in [0.05, 0.1) is 5.70 Å². The van der Waals surface area contributed by atoms with E-state index in [0.717, 1.165) is 11.1 Å². The van der Waals surface area contributed by atoms with Gasteiger partial charge in [-0.15, -0.1) is 0 Å². The number of nitrogens with two attached hydrogens (primary N) is 1. The molecule has 1 unspecified atom stereocenters. The van der Waals surface area contributed by atoms with Crippen molar-refractivity contribution in [1.82, 2.24) is 0 Å². The largest absolute Gasteiger partial charge is 0.623 e. The van der Waals surface area contributed by atoms with Gasteiger partial charge in [-0.25, -0.2) is 0 Å². The van der Waals surface area contributed by atoms with Crippen LogP contribution in [-0.4, -0.2) is 5.71 Å². The molecular formula is C18H17N3O. The maximum Gasteiger partial charge on any atom is 0.160 e. The topological polar surface area (TPSA) is 77.4 Å². The van der Waals surface area contributed by atoms with Crippen LogP contribution in [0.5, 0.6) is 0 Å². The van der Waals surface area contributed by atoms with Crippen LogP contribution < -0.4 is 10.8 Å². The molecule has 0 heterocycles. The fraction of sp³-hybridized carbons (Fsp3) is 0.0556. The van der Waals surface area contributed by atoms with E-state index in [1.165, 1.54) is 0 Å². The molecule has 0 amide bonds. The lowest BCUT2D eigenvalue weighted by Gasteiger charge is -2.26. The smallest absolute Gasteiger partial charge is 0.160 e. The Morgan fingerprint density at radius 2 is 1.59 bits per heavy atom. The number of benzene rings is 2. The minimum absolute atomic E-state index is 0.141. The lowest BCUT2D eigenvalue weighted by atomic mass is 10.0. The predicted molar refractivity (Wildman–Crippen MR) is 88.6 cm³/mol. The number of hydrogen-bond donors (Lipinski definition) is 3. The molecule has 2 aromatic rings. The minimum Gasteiger partial charge on any atom is -0.623 e. The molecule has 4 nitrogen and oxygen atoms in total. The molecule has 0 spiro atoms. The Morgan fingerprint density at radius 3 is 2.27 bits per heavy atom. The summed E-state index contributed by atoms with van der Waals surface area (Å²) in [5.74, 6) is 0. The van der Waals surface area contributed by atoms with Gasteiger partial charge in [-0.1, -0.05) is 30.3 Å². The highest BCUT2D eigenvalue weighted by atomic mass is 16.5. The van der Waals surface area contributed by atoms with Gasteiger partial charge in [0, 0.05) is 30.3 Å². The number of rotatable bonds is 3. The zero-order chi connectivity index (χ0) is 15.5. The van der Waals surface area contributed by atoms with E-state index in [9.17, 15) is 5.21 Å². The van der Waals surface area contributed by atoms with Crippen molar-refractivity contribution in [2.75, 3.05) is 0 Å². The van der Waals surface area contributed by atoms with Crippen LogP contribution in [0.3, 0.4) is 0 Å². The van der Waals surface area contributed by atoms with E-state index in [4.69, 9.17) is 11.1 Å². The Balaban J connectivity index is 1.87. The number of hydroxylamine groups is 1. The molecule has 1 aliphatic rings. The van der Waals surface area contributed by atoms with Crippen LogP contribution in [-0.2, 0) is 0 Å². The van der Waals surface area contributed by atoms with Crippen LogP contribution >= 0.6 is 0 Å². The molecular weight excluding hydrogens is 274 g/mol. The molecule has 4 heteroatoms. The van der Waals surface area contributed by atoms with Gasteiger partial charge in [0.15, 0.2) is 5.70 Å². The van der Waals surface area contributed by atoms with E-state index >= 15 is 0 Å². The summed E-state index contributed by atoms with van der Waals surface area (Å²) in [6.45, 7) is 0. The second-order valence-corrected chi connectivity index (χ2v) is 5.22. The average molecular weight is 291 g/mol. The van der Waals surface area contributed by atoms with Gasteiger partial charge in [0.1, 0.15) is 5.69 Å².